The largest absolute Gasteiger partial charge is 0.489 e. The summed E-state index contributed by atoms with van der Waals surface area (Å²) in [4.78, 5) is 0. The number of nitrogens with two attached hydrogens (primary N) is 1. The van der Waals surface area contributed by atoms with Crippen LogP contribution in [0.25, 0.3) is 0 Å². The number of benzene rings is 2. The maximum atomic E-state index is 13.2. The van der Waals surface area contributed by atoms with E-state index in [4.69, 9.17) is 22.1 Å². The molecule has 5 heteroatoms. The van der Waals surface area contributed by atoms with Gasteiger partial charge in [-0.25, -0.2) is 8.78 Å². The fourth-order valence-corrected chi connectivity index (χ4v) is 1.77. The molecule has 2 rings (SSSR count). The van der Waals surface area contributed by atoms with E-state index in [2.05, 4.69) is 0 Å². The molecular weight excluding hydrogens is 272 g/mol. The highest BCUT2D eigenvalue weighted by Crippen LogP contribution is 2.22. The molecule has 0 radical (unpaired) electrons. The topological polar surface area (TPSA) is 35.2 Å². The molecule has 2 N–H and O–H groups in total. The van der Waals surface area contributed by atoms with Crippen molar-refractivity contribution in [2.75, 3.05) is 0 Å². The summed E-state index contributed by atoms with van der Waals surface area (Å²) in [7, 11) is 0. The zero-order valence-electron chi connectivity index (χ0n) is 10.00. The first-order chi connectivity index (χ1) is 9.10. The second kappa shape index (κ2) is 5.99. The highest BCUT2D eigenvalue weighted by molar-refractivity contribution is 6.30. The van der Waals surface area contributed by atoms with Crippen molar-refractivity contribution >= 4 is 11.6 Å². The molecule has 0 saturated heterocycles. The Bertz CT molecular complexity index is 590. The summed E-state index contributed by atoms with van der Waals surface area (Å²) in [6, 6.07) is 8.48. The Balaban J connectivity index is 2.12. The van der Waals surface area contributed by atoms with Gasteiger partial charge in [0.2, 0.25) is 0 Å². The fourth-order valence-electron chi connectivity index (χ4n) is 1.65. The highest BCUT2D eigenvalue weighted by atomic mass is 35.5. The van der Waals surface area contributed by atoms with Crippen LogP contribution in [0.2, 0.25) is 5.02 Å². The summed E-state index contributed by atoms with van der Waals surface area (Å²) in [6.07, 6.45) is 0. The van der Waals surface area contributed by atoms with Gasteiger partial charge in [-0.05, 0) is 35.4 Å². The summed E-state index contributed by atoms with van der Waals surface area (Å²) in [5.74, 6) is -0.534. The molecule has 100 valence electrons. The Morgan fingerprint density at radius 2 is 1.84 bits per heavy atom. The normalized spacial score (nSPS) is 10.5. The minimum atomic E-state index is -0.544. The van der Waals surface area contributed by atoms with E-state index in [9.17, 15) is 8.78 Å². The van der Waals surface area contributed by atoms with Gasteiger partial charge < -0.3 is 10.5 Å². The summed E-state index contributed by atoms with van der Waals surface area (Å²) in [6.45, 7) is 0.402. The maximum absolute atomic E-state index is 13.2. The van der Waals surface area contributed by atoms with E-state index in [1.807, 2.05) is 0 Å². The predicted molar refractivity (Wildman–Crippen MR) is 70.0 cm³/mol. The quantitative estimate of drug-likeness (QED) is 0.929. The monoisotopic (exact) mass is 283 g/mol. The van der Waals surface area contributed by atoms with Gasteiger partial charge in [-0.3, -0.25) is 0 Å². The van der Waals surface area contributed by atoms with Gasteiger partial charge >= 0.3 is 0 Å². The average molecular weight is 284 g/mol. The molecule has 0 heterocycles. The van der Waals surface area contributed by atoms with E-state index < -0.39 is 5.82 Å². The summed E-state index contributed by atoms with van der Waals surface area (Å²) in [5, 5.41) is 0.0387. The highest BCUT2D eigenvalue weighted by Gasteiger charge is 2.06. The van der Waals surface area contributed by atoms with Crippen LogP contribution in [-0.2, 0) is 13.2 Å². The third-order valence-electron chi connectivity index (χ3n) is 2.67. The van der Waals surface area contributed by atoms with Crippen molar-refractivity contribution in [1.82, 2.24) is 0 Å². The average Bonchev–Trinajstić information content (AvgIpc) is 2.41. The first-order valence-electron chi connectivity index (χ1n) is 5.65. The van der Waals surface area contributed by atoms with Crippen LogP contribution in [0, 0.1) is 11.6 Å². The lowest BCUT2D eigenvalue weighted by molar-refractivity contribution is 0.303. The van der Waals surface area contributed by atoms with E-state index in [1.54, 1.807) is 12.1 Å². The van der Waals surface area contributed by atoms with Gasteiger partial charge in [0.25, 0.3) is 0 Å². The molecule has 0 fully saturated rings. The number of hydrogen-bond acceptors (Lipinski definition) is 2. The smallest absolute Gasteiger partial charge is 0.145 e. The van der Waals surface area contributed by atoms with Gasteiger partial charge in [-0.2, -0.15) is 0 Å². The van der Waals surface area contributed by atoms with Gasteiger partial charge in [0.05, 0.1) is 5.02 Å². The van der Waals surface area contributed by atoms with E-state index in [1.165, 1.54) is 24.3 Å². The van der Waals surface area contributed by atoms with Gasteiger partial charge in [-0.1, -0.05) is 17.7 Å². The molecule has 2 nitrogen and oxygen atoms in total. The van der Waals surface area contributed by atoms with Gasteiger partial charge in [0.15, 0.2) is 0 Å². The third kappa shape index (κ3) is 3.43. The second-order valence-corrected chi connectivity index (χ2v) is 4.39. The molecule has 0 unspecified atom stereocenters. The predicted octanol–water partition coefficient (Wildman–Crippen LogP) is 3.66. The summed E-state index contributed by atoms with van der Waals surface area (Å²) >= 11 is 5.57. The number of halogens is 3. The molecule has 2 aromatic rings. The Labute approximate surface area is 114 Å². The minimum Gasteiger partial charge on any atom is -0.489 e. The van der Waals surface area contributed by atoms with Crippen LogP contribution in [0.15, 0.2) is 36.4 Å². The molecule has 19 heavy (non-hydrogen) atoms. The molecule has 0 aliphatic rings. The lowest BCUT2D eigenvalue weighted by Crippen LogP contribution is -2.05. The number of ether oxygens (including phenoxy) is 1. The summed E-state index contributed by atoms with van der Waals surface area (Å²) < 4.78 is 31.7. The Kier molecular flexibility index (Phi) is 4.35. The Morgan fingerprint density at radius 3 is 2.53 bits per heavy atom. The first kappa shape index (κ1) is 13.8. The van der Waals surface area contributed by atoms with E-state index in [-0.39, 0.29) is 24.0 Å². The molecule has 0 aliphatic carbocycles. The van der Waals surface area contributed by atoms with E-state index in [0.717, 1.165) is 5.56 Å². The molecule has 0 bridgehead atoms. The lowest BCUT2D eigenvalue weighted by Gasteiger charge is -2.10. The molecule has 0 saturated carbocycles. The van der Waals surface area contributed by atoms with Crippen LogP contribution in [0.5, 0.6) is 5.75 Å². The molecular formula is C14H12ClF2NO. The SMILES string of the molecule is NCc1cc(F)ccc1COc1ccc(Cl)c(F)c1. The molecule has 0 spiro atoms. The van der Waals surface area contributed by atoms with Crippen molar-refractivity contribution in [3.63, 3.8) is 0 Å². The van der Waals surface area contributed by atoms with Gasteiger partial charge in [-0.15, -0.1) is 0 Å². The second-order valence-electron chi connectivity index (χ2n) is 3.98. The van der Waals surface area contributed by atoms with Crippen LogP contribution in [0.3, 0.4) is 0 Å². The van der Waals surface area contributed by atoms with Crippen molar-refractivity contribution in [3.05, 3.63) is 64.2 Å². The van der Waals surface area contributed by atoms with E-state index >= 15 is 0 Å². The Morgan fingerprint density at radius 1 is 1.05 bits per heavy atom. The Hall–Kier alpha value is -1.65. The van der Waals surface area contributed by atoms with Crippen molar-refractivity contribution in [2.24, 2.45) is 5.73 Å². The fraction of sp³-hybridized carbons (Fsp3) is 0.143. The van der Waals surface area contributed by atoms with Crippen LogP contribution in [0.1, 0.15) is 11.1 Å². The first-order valence-corrected chi connectivity index (χ1v) is 6.03. The molecule has 0 aromatic heterocycles. The van der Waals surface area contributed by atoms with Crippen molar-refractivity contribution in [1.29, 1.82) is 0 Å². The van der Waals surface area contributed by atoms with Crippen molar-refractivity contribution < 1.29 is 13.5 Å². The maximum Gasteiger partial charge on any atom is 0.145 e. The zero-order valence-corrected chi connectivity index (χ0v) is 10.8. The molecule has 0 aliphatic heterocycles. The third-order valence-corrected chi connectivity index (χ3v) is 2.98. The molecule has 2 aromatic carbocycles. The zero-order chi connectivity index (χ0) is 13.8. The van der Waals surface area contributed by atoms with Crippen LogP contribution < -0.4 is 10.5 Å². The number of hydrogen-bond donors (Lipinski definition) is 1. The minimum absolute atomic E-state index is 0.0387. The molecule has 0 amide bonds. The number of rotatable bonds is 4. The molecule has 0 atom stereocenters. The van der Waals surface area contributed by atoms with Gasteiger partial charge in [0.1, 0.15) is 24.0 Å². The van der Waals surface area contributed by atoms with Crippen molar-refractivity contribution in [2.45, 2.75) is 13.2 Å². The lowest BCUT2D eigenvalue weighted by atomic mass is 10.1. The van der Waals surface area contributed by atoms with Gasteiger partial charge in [0, 0.05) is 12.6 Å². The van der Waals surface area contributed by atoms with Crippen LogP contribution in [0.4, 0.5) is 8.78 Å². The standard InChI is InChI=1S/C14H12ClF2NO/c15-13-4-3-12(6-14(13)17)19-8-9-1-2-11(16)5-10(9)7-18/h1-6H,7-8,18H2. The summed E-state index contributed by atoms with van der Waals surface area (Å²) in [5.41, 5.74) is 6.96. The van der Waals surface area contributed by atoms with Crippen LogP contribution in [-0.4, -0.2) is 0 Å². The van der Waals surface area contributed by atoms with E-state index in [0.29, 0.717) is 11.3 Å². The van der Waals surface area contributed by atoms with Crippen LogP contribution >= 0.6 is 11.6 Å². The van der Waals surface area contributed by atoms with Crippen molar-refractivity contribution in [3.8, 4) is 5.75 Å².